The lowest BCUT2D eigenvalue weighted by molar-refractivity contribution is -0.124. The fourth-order valence-electron chi connectivity index (χ4n) is 1.77. The third kappa shape index (κ3) is 5.89. The average Bonchev–Trinajstić information content (AvgIpc) is 3.09. The second kappa shape index (κ2) is 8.31. The van der Waals surface area contributed by atoms with Crippen molar-refractivity contribution in [2.75, 3.05) is 6.54 Å². The lowest BCUT2D eigenvalue weighted by Crippen LogP contribution is -2.41. The Balaban J connectivity index is 0.00000256. The Hall–Kier alpha value is -0.800. The Bertz CT molecular complexity index is 254. The van der Waals surface area contributed by atoms with Crippen LogP contribution in [0.3, 0.4) is 0 Å². The van der Waals surface area contributed by atoms with Crippen molar-refractivity contribution in [2.45, 2.75) is 31.7 Å². The predicted molar refractivity (Wildman–Crippen MR) is 74.1 cm³/mol. The van der Waals surface area contributed by atoms with Crippen LogP contribution < -0.4 is 11.1 Å². The lowest BCUT2D eigenvalue weighted by atomic mass is 10.0. The zero-order valence-electron chi connectivity index (χ0n) is 10.2. The smallest absolute Gasteiger partial charge is 0.223 e. The van der Waals surface area contributed by atoms with Crippen molar-refractivity contribution in [1.82, 2.24) is 5.32 Å². The van der Waals surface area contributed by atoms with Crippen LogP contribution in [0.15, 0.2) is 25.3 Å². The van der Waals surface area contributed by atoms with Gasteiger partial charge in [-0.2, -0.15) is 0 Å². The molecule has 98 valence electrons. The number of amides is 1. The molecule has 1 fully saturated rings. The first-order valence-electron chi connectivity index (χ1n) is 5.94. The van der Waals surface area contributed by atoms with Crippen molar-refractivity contribution in [3.63, 3.8) is 0 Å². The van der Waals surface area contributed by atoms with Gasteiger partial charge in [-0.25, -0.2) is 0 Å². The highest BCUT2D eigenvalue weighted by molar-refractivity contribution is 5.85. The van der Waals surface area contributed by atoms with E-state index in [-0.39, 0.29) is 30.3 Å². The van der Waals surface area contributed by atoms with Gasteiger partial charge in [0.1, 0.15) is 0 Å². The quantitative estimate of drug-likeness (QED) is 0.655. The summed E-state index contributed by atoms with van der Waals surface area (Å²) in [6.07, 6.45) is 7.34. The van der Waals surface area contributed by atoms with E-state index in [2.05, 4.69) is 18.5 Å². The van der Waals surface area contributed by atoms with Gasteiger partial charge in [-0.15, -0.1) is 25.6 Å². The van der Waals surface area contributed by atoms with Crippen LogP contribution in [-0.2, 0) is 4.79 Å². The van der Waals surface area contributed by atoms with Crippen molar-refractivity contribution < 1.29 is 4.79 Å². The van der Waals surface area contributed by atoms with Gasteiger partial charge in [0.25, 0.3) is 0 Å². The highest BCUT2D eigenvalue weighted by atomic mass is 35.5. The van der Waals surface area contributed by atoms with Crippen LogP contribution in [0.4, 0.5) is 0 Å². The van der Waals surface area contributed by atoms with E-state index >= 15 is 0 Å². The first-order chi connectivity index (χ1) is 7.69. The molecule has 1 saturated carbocycles. The summed E-state index contributed by atoms with van der Waals surface area (Å²) >= 11 is 0. The van der Waals surface area contributed by atoms with E-state index in [4.69, 9.17) is 5.73 Å². The molecule has 4 heteroatoms. The normalized spacial score (nSPS) is 15.9. The first kappa shape index (κ1) is 16.2. The number of allylic oxidation sites excluding steroid dienone is 2. The van der Waals surface area contributed by atoms with Gasteiger partial charge in [-0.05, 0) is 31.6 Å². The highest BCUT2D eigenvalue weighted by Gasteiger charge is 2.28. The largest absolute Gasteiger partial charge is 0.354 e. The molecule has 0 heterocycles. The second-order valence-electron chi connectivity index (χ2n) is 4.49. The molecule has 1 unspecified atom stereocenters. The van der Waals surface area contributed by atoms with Gasteiger partial charge < -0.3 is 11.1 Å². The van der Waals surface area contributed by atoms with E-state index in [9.17, 15) is 4.79 Å². The van der Waals surface area contributed by atoms with Crippen LogP contribution in [0.25, 0.3) is 0 Å². The van der Waals surface area contributed by atoms with E-state index < -0.39 is 0 Å². The number of halogens is 1. The molecule has 0 saturated heterocycles. The number of hydrogen-bond donors (Lipinski definition) is 2. The summed E-state index contributed by atoms with van der Waals surface area (Å²) in [5.74, 6) is 0.648. The molecule has 0 aromatic carbocycles. The molecule has 0 bridgehead atoms. The Morgan fingerprint density at radius 3 is 2.29 bits per heavy atom. The topological polar surface area (TPSA) is 55.1 Å². The minimum absolute atomic E-state index is 0. The summed E-state index contributed by atoms with van der Waals surface area (Å²) < 4.78 is 0. The van der Waals surface area contributed by atoms with Gasteiger partial charge in [0.2, 0.25) is 5.91 Å². The third-order valence-electron chi connectivity index (χ3n) is 3.01. The average molecular weight is 259 g/mol. The van der Waals surface area contributed by atoms with Gasteiger partial charge in [-0.3, -0.25) is 4.79 Å². The van der Waals surface area contributed by atoms with Crippen LogP contribution in [-0.4, -0.2) is 18.5 Å². The molecule has 1 aliphatic carbocycles. The number of carbonyl (C=O) groups is 1. The van der Waals surface area contributed by atoms with Crippen LogP contribution >= 0.6 is 12.4 Å². The molecule has 1 aliphatic rings. The number of nitrogens with one attached hydrogen (secondary N) is 1. The molecule has 3 N–H and O–H groups in total. The van der Waals surface area contributed by atoms with Crippen LogP contribution in [0.1, 0.15) is 25.7 Å². The highest BCUT2D eigenvalue weighted by Crippen LogP contribution is 2.31. The van der Waals surface area contributed by atoms with Gasteiger partial charge in [0.05, 0.1) is 0 Å². The zero-order chi connectivity index (χ0) is 12.0. The van der Waals surface area contributed by atoms with E-state index in [0.29, 0.717) is 25.3 Å². The van der Waals surface area contributed by atoms with Crippen molar-refractivity contribution >= 4 is 18.3 Å². The van der Waals surface area contributed by atoms with Gasteiger partial charge in [0.15, 0.2) is 0 Å². The SMILES string of the molecule is C=CCC(CC=C)C(=O)NCC(N)C1CC1.Cl. The maximum absolute atomic E-state index is 11.8. The Kier molecular flexibility index (Phi) is 7.92. The van der Waals surface area contributed by atoms with E-state index in [1.807, 2.05) is 0 Å². The maximum Gasteiger partial charge on any atom is 0.223 e. The number of hydrogen-bond acceptors (Lipinski definition) is 2. The fourth-order valence-corrected chi connectivity index (χ4v) is 1.77. The van der Waals surface area contributed by atoms with Crippen LogP contribution in [0.5, 0.6) is 0 Å². The number of nitrogens with two attached hydrogens (primary N) is 1. The Morgan fingerprint density at radius 2 is 1.88 bits per heavy atom. The molecule has 1 atom stereocenters. The summed E-state index contributed by atoms with van der Waals surface area (Å²) in [6.45, 7) is 7.91. The molecular weight excluding hydrogens is 236 g/mol. The van der Waals surface area contributed by atoms with Gasteiger partial charge in [0, 0.05) is 18.5 Å². The summed E-state index contributed by atoms with van der Waals surface area (Å²) in [4.78, 5) is 11.8. The molecular formula is C13H23ClN2O. The van der Waals surface area contributed by atoms with Crippen LogP contribution in [0.2, 0.25) is 0 Å². The minimum atomic E-state index is -0.0404. The van der Waals surface area contributed by atoms with Crippen molar-refractivity contribution in [3.05, 3.63) is 25.3 Å². The predicted octanol–water partition coefficient (Wildman–Crippen LogP) is 2.03. The second-order valence-corrected chi connectivity index (χ2v) is 4.49. The van der Waals surface area contributed by atoms with E-state index in [1.165, 1.54) is 12.8 Å². The first-order valence-corrected chi connectivity index (χ1v) is 5.94. The van der Waals surface area contributed by atoms with Crippen molar-refractivity contribution in [1.29, 1.82) is 0 Å². The lowest BCUT2D eigenvalue weighted by Gasteiger charge is -2.16. The molecule has 3 nitrogen and oxygen atoms in total. The summed E-state index contributed by atoms with van der Waals surface area (Å²) in [7, 11) is 0. The molecule has 0 spiro atoms. The molecule has 0 radical (unpaired) electrons. The summed E-state index contributed by atoms with van der Waals surface area (Å²) in [5.41, 5.74) is 5.92. The summed E-state index contributed by atoms with van der Waals surface area (Å²) in [6, 6.07) is 0.122. The van der Waals surface area contributed by atoms with E-state index in [1.54, 1.807) is 12.2 Å². The Morgan fingerprint density at radius 1 is 1.35 bits per heavy atom. The van der Waals surface area contributed by atoms with Crippen molar-refractivity contribution in [3.8, 4) is 0 Å². The minimum Gasteiger partial charge on any atom is -0.354 e. The van der Waals surface area contributed by atoms with Gasteiger partial charge >= 0.3 is 0 Å². The molecule has 0 aromatic heterocycles. The monoisotopic (exact) mass is 258 g/mol. The maximum atomic E-state index is 11.8. The Labute approximate surface area is 110 Å². The number of carbonyl (C=O) groups excluding carboxylic acids is 1. The van der Waals surface area contributed by atoms with Crippen LogP contribution in [0, 0.1) is 11.8 Å². The molecule has 1 rings (SSSR count). The van der Waals surface area contributed by atoms with E-state index in [0.717, 1.165) is 0 Å². The standard InChI is InChI=1S/C13H22N2O.ClH/c1-3-5-11(6-4-2)13(16)15-9-12(14)10-7-8-10;/h3-4,10-12H,1-2,5-9,14H2,(H,15,16);1H. The molecule has 1 amide bonds. The van der Waals surface area contributed by atoms with Gasteiger partial charge in [-0.1, -0.05) is 12.2 Å². The molecule has 0 aromatic rings. The summed E-state index contributed by atoms with van der Waals surface area (Å²) in [5, 5.41) is 2.91. The molecule has 17 heavy (non-hydrogen) atoms. The van der Waals surface area contributed by atoms with Crippen molar-refractivity contribution in [2.24, 2.45) is 17.6 Å². The molecule has 0 aliphatic heterocycles. The number of rotatable bonds is 8. The third-order valence-corrected chi connectivity index (χ3v) is 3.01. The fraction of sp³-hybridized carbons (Fsp3) is 0.615. The zero-order valence-corrected chi connectivity index (χ0v) is 11.0.